The lowest BCUT2D eigenvalue weighted by Crippen LogP contribution is -2.39. The van der Waals surface area contributed by atoms with Crippen LogP contribution in [0.2, 0.25) is 0 Å². The molecular weight excluding hydrogens is 424 g/mol. The van der Waals surface area contributed by atoms with Gasteiger partial charge in [0.25, 0.3) is 5.56 Å². The Morgan fingerprint density at radius 3 is 2.47 bits per heavy atom. The minimum absolute atomic E-state index is 0.207. The Hall–Kier alpha value is -3.71. The third-order valence-corrected chi connectivity index (χ3v) is 6.20. The number of ether oxygens (including phenoxy) is 2. The first kappa shape index (κ1) is 21.5. The van der Waals surface area contributed by atoms with Gasteiger partial charge in [-0.3, -0.25) is 9.36 Å². The van der Waals surface area contributed by atoms with E-state index < -0.39 is 12.0 Å². The van der Waals surface area contributed by atoms with Gasteiger partial charge in [-0.05, 0) is 36.3 Å². The molecule has 3 aromatic rings. The molecule has 4 rings (SSSR count). The number of rotatable bonds is 5. The molecule has 1 aliphatic rings. The fourth-order valence-corrected chi connectivity index (χ4v) is 4.62. The molecule has 1 aliphatic heterocycles. The van der Waals surface area contributed by atoms with Crippen LogP contribution in [-0.2, 0) is 9.53 Å². The lowest BCUT2D eigenvalue weighted by molar-refractivity contribution is -0.136. The summed E-state index contributed by atoms with van der Waals surface area (Å²) in [5.74, 6) is 0.179. The maximum Gasteiger partial charge on any atom is 0.338 e. The minimum Gasteiger partial charge on any atom is -0.497 e. The second kappa shape index (κ2) is 9.20. The molecule has 0 saturated carbocycles. The molecule has 1 atom stereocenters. The van der Waals surface area contributed by atoms with Crippen LogP contribution in [0.3, 0.4) is 0 Å². The van der Waals surface area contributed by atoms with E-state index in [1.165, 1.54) is 18.4 Å². The molecule has 0 amide bonds. The average Bonchev–Trinajstić information content (AvgIpc) is 3.13. The highest BCUT2D eigenvalue weighted by atomic mass is 32.1. The van der Waals surface area contributed by atoms with Crippen LogP contribution >= 0.6 is 11.3 Å². The summed E-state index contributed by atoms with van der Waals surface area (Å²) >= 11 is 1.29. The molecule has 32 heavy (non-hydrogen) atoms. The van der Waals surface area contributed by atoms with E-state index in [0.717, 1.165) is 11.1 Å². The molecule has 2 heterocycles. The first-order chi connectivity index (χ1) is 15.5. The van der Waals surface area contributed by atoms with Crippen molar-refractivity contribution in [1.82, 2.24) is 4.57 Å². The highest BCUT2D eigenvalue weighted by molar-refractivity contribution is 7.07. The van der Waals surface area contributed by atoms with Crippen LogP contribution in [0.25, 0.3) is 12.2 Å². The van der Waals surface area contributed by atoms with Gasteiger partial charge < -0.3 is 9.47 Å². The fraction of sp³-hybridized carbons (Fsp3) is 0.160. The van der Waals surface area contributed by atoms with Gasteiger partial charge in [0.05, 0.1) is 36.1 Å². The molecule has 7 heteroatoms. The molecule has 0 saturated heterocycles. The van der Waals surface area contributed by atoms with Gasteiger partial charge in [0, 0.05) is 0 Å². The Bertz CT molecular complexity index is 1380. The Morgan fingerprint density at radius 2 is 1.81 bits per heavy atom. The number of allylic oxidation sites excluding steroid dienone is 2. The van der Waals surface area contributed by atoms with Gasteiger partial charge in [0.2, 0.25) is 0 Å². The Balaban J connectivity index is 1.86. The molecule has 0 N–H and O–H groups in total. The van der Waals surface area contributed by atoms with Gasteiger partial charge in [-0.15, -0.1) is 0 Å². The third kappa shape index (κ3) is 4.07. The molecule has 0 fully saturated rings. The van der Waals surface area contributed by atoms with Crippen LogP contribution in [0.1, 0.15) is 24.1 Å². The lowest BCUT2D eigenvalue weighted by Gasteiger charge is -2.24. The summed E-state index contributed by atoms with van der Waals surface area (Å²) < 4.78 is 12.4. The van der Waals surface area contributed by atoms with Crippen LogP contribution in [0.5, 0.6) is 5.75 Å². The summed E-state index contributed by atoms with van der Waals surface area (Å²) in [5.41, 5.74) is 2.48. The molecule has 2 aromatic carbocycles. The number of thiazole rings is 1. The number of carbonyl (C=O) groups excluding carboxylic acids is 1. The second-order valence-electron chi connectivity index (χ2n) is 7.14. The normalized spacial score (nSPS) is 16.1. The van der Waals surface area contributed by atoms with Gasteiger partial charge >= 0.3 is 5.97 Å². The van der Waals surface area contributed by atoms with Crippen LogP contribution in [-0.4, -0.2) is 24.8 Å². The monoisotopic (exact) mass is 446 g/mol. The third-order valence-electron chi connectivity index (χ3n) is 5.19. The topological polar surface area (TPSA) is 69.9 Å². The second-order valence-corrected chi connectivity index (χ2v) is 8.15. The number of carbonyl (C=O) groups is 1. The van der Waals surface area contributed by atoms with Gasteiger partial charge in [-0.1, -0.05) is 66.0 Å². The SMILES string of the molecule is COC(=O)C1=C(C)N=c2sc(=C/C=C/c3ccccc3)c(=O)n2[C@H]1c1ccc(OC)cc1. The Kier molecular flexibility index (Phi) is 6.18. The van der Waals surface area contributed by atoms with E-state index in [4.69, 9.17) is 9.47 Å². The molecule has 0 spiro atoms. The molecule has 0 aliphatic carbocycles. The molecule has 0 radical (unpaired) electrons. The maximum absolute atomic E-state index is 13.4. The van der Waals surface area contributed by atoms with Crippen LogP contribution in [0.4, 0.5) is 0 Å². The van der Waals surface area contributed by atoms with Crippen molar-refractivity contribution in [3.63, 3.8) is 0 Å². The van der Waals surface area contributed by atoms with Crippen molar-refractivity contribution in [2.75, 3.05) is 14.2 Å². The van der Waals surface area contributed by atoms with Crippen molar-refractivity contribution < 1.29 is 14.3 Å². The highest BCUT2D eigenvalue weighted by Gasteiger charge is 2.32. The van der Waals surface area contributed by atoms with Crippen molar-refractivity contribution in [3.8, 4) is 5.75 Å². The minimum atomic E-state index is -0.634. The largest absolute Gasteiger partial charge is 0.497 e. The molecule has 1 aromatic heterocycles. The number of hydrogen-bond donors (Lipinski definition) is 0. The van der Waals surface area contributed by atoms with Gasteiger partial charge in [0.1, 0.15) is 5.75 Å². The fourth-order valence-electron chi connectivity index (χ4n) is 3.62. The molecule has 0 bridgehead atoms. The number of aromatic nitrogens is 1. The summed E-state index contributed by atoms with van der Waals surface area (Å²) in [6, 6.07) is 16.5. The number of nitrogens with zero attached hydrogens (tertiary/aromatic N) is 2. The van der Waals surface area contributed by atoms with E-state index in [1.807, 2.05) is 54.6 Å². The maximum atomic E-state index is 13.4. The Morgan fingerprint density at radius 1 is 1.09 bits per heavy atom. The summed E-state index contributed by atoms with van der Waals surface area (Å²) in [6.45, 7) is 1.76. The zero-order valence-electron chi connectivity index (χ0n) is 17.9. The quantitative estimate of drug-likeness (QED) is 0.565. The van der Waals surface area contributed by atoms with E-state index in [2.05, 4.69) is 4.99 Å². The van der Waals surface area contributed by atoms with Crippen molar-refractivity contribution >= 4 is 29.5 Å². The number of fused-ring (bicyclic) bond motifs is 1. The molecule has 162 valence electrons. The van der Waals surface area contributed by atoms with E-state index >= 15 is 0 Å². The number of hydrogen-bond acceptors (Lipinski definition) is 6. The van der Waals surface area contributed by atoms with Crippen molar-refractivity contribution in [3.05, 3.63) is 103 Å². The van der Waals surface area contributed by atoms with Crippen molar-refractivity contribution in [2.24, 2.45) is 4.99 Å². The predicted octanol–water partition coefficient (Wildman–Crippen LogP) is 3.08. The van der Waals surface area contributed by atoms with Gasteiger partial charge in [-0.2, -0.15) is 0 Å². The molecular formula is C25H22N2O4S. The zero-order chi connectivity index (χ0) is 22.7. The average molecular weight is 447 g/mol. The van der Waals surface area contributed by atoms with E-state index in [9.17, 15) is 9.59 Å². The summed E-state index contributed by atoms with van der Waals surface area (Å²) in [7, 11) is 2.91. The number of methoxy groups -OCH3 is 2. The smallest absolute Gasteiger partial charge is 0.338 e. The molecule has 6 nitrogen and oxygen atoms in total. The first-order valence-corrected chi connectivity index (χ1v) is 10.8. The zero-order valence-corrected chi connectivity index (χ0v) is 18.8. The Labute approximate surface area is 189 Å². The van der Waals surface area contributed by atoms with Crippen LogP contribution < -0.4 is 19.6 Å². The first-order valence-electron chi connectivity index (χ1n) is 10.00. The standard InChI is InChI=1S/C25H22N2O4S/c1-16-21(24(29)31-3)22(18-12-14-19(30-2)15-13-18)27-23(28)20(32-25(27)26-16)11-7-10-17-8-5-4-6-9-17/h4-15,22H,1-3H3/b10-7+,20-11?/t22-/m0/s1. The predicted molar refractivity (Wildman–Crippen MR) is 125 cm³/mol. The van der Waals surface area contributed by atoms with Crippen molar-refractivity contribution in [1.29, 1.82) is 0 Å². The summed E-state index contributed by atoms with van der Waals surface area (Å²) in [6.07, 6.45) is 5.56. The number of esters is 1. The van der Waals surface area contributed by atoms with Crippen molar-refractivity contribution in [2.45, 2.75) is 13.0 Å². The highest BCUT2D eigenvalue weighted by Crippen LogP contribution is 2.31. The van der Waals surface area contributed by atoms with Gasteiger partial charge in [-0.25, -0.2) is 9.79 Å². The summed E-state index contributed by atoms with van der Waals surface area (Å²) in [4.78, 5) is 31.1. The van der Waals surface area contributed by atoms with E-state index in [0.29, 0.717) is 26.4 Å². The van der Waals surface area contributed by atoms with Gasteiger partial charge in [0.15, 0.2) is 4.80 Å². The van der Waals surface area contributed by atoms with Crippen LogP contribution in [0, 0.1) is 0 Å². The molecule has 0 unspecified atom stereocenters. The van der Waals surface area contributed by atoms with E-state index in [1.54, 1.807) is 36.8 Å². The lowest BCUT2D eigenvalue weighted by atomic mass is 9.96. The van der Waals surface area contributed by atoms with E-state index in [-0.39, 0.29) is 5.56 Å². The van der Waals surface area contributed by atoms with Crippen LogP contribution in [0.15, 0.2) is 81.7 Å². The summed E-state index contributed by atoms with van der Waals surface area (Å²) in [5, 5.41) is 0. The number of benzene rings is 2.